The fraction of sp³-hybridized carbons (Fsp3) is 0.733. The van der Waals surface area contributed by atoms with Crippen molar-refractivity contribution in [1.29, 1.82) is 0 Å². The normalized spacial score (nSPS) is 12.6. The van der Waals surface area contributed by atoms with Crippen LogP contribution in [0.2, 0.25) is 0 Å². The van der Waals surface area contributed by atoms with E-state index in [0.29, 0.717) is 5.92 Å². The first-order valence-electron chi connectivity index (χ1n) is 7.32. The molecule has 0 saturated heterocycles. The van der Waals surface area contributed by atoms with Crippen molar-refractivity contribution in [1.82, 2.24) is 15.4 Å². The van der Waals surface area contributed by atoms with E-state index < -0.39 is 0 Å². The second-order valence-electron chi connectivity index (χ2n) is 5.06. The van der Waals surface area contributed by atoms with Crippen LogP contribution in [0.4, 0.5) is 0 Å². The second-order valence-corrected chi connectivity index (χ2v) is 5.06. The van der Waals surface area contributed by atoms with Crippen molar-refractivity contribution in [2.45, 2.75) is 71.1 Å². The standard InChI is InChI=1S/C15H27N3/c1-4-6-8-10-13(3)14(11-9-7-5-2)15-12-16-18-17-15/h12,14H,3-11H2,1-2H3,(H,16,17,18). The van der Waals surface area contributed by atoms with E-state index in [2.05, 4.69) is 35.8 Å². The molecule has 1 heterocycles. The minimum Gasteiger partial charge on any atom is -0.198 e. The first-order valence-corrected chi connectivity index (χ1v) is 7.32. The van der Waals surface area contributed by atoms with E-state index in [1.165, 1.54) is 44.1 Å². The minimum absolute atomic E-state index is 0.396. The van der Waals surface area contributed by atoms with Gasteiger partial charge in [-0.2, -0.15) is 15.4 Å². The van der Waals surface area contributed by atoms with E-state index in [1.54, 1.807) is 0 Å². The monoisotopic (exact) mass is 249 g/mol. The van der Waals surface area contributed by atoms with Gasteiger partial charge < -0.3 is 0 Å². The number of aromatic amines is 1. The zero-order valence-corrected chi connectivity index (χ0v) is 11.9. The predicted octanol–water partition coefficient (Wildman–Crippen LogP) is 4.61. The van der Waals surface area contributed by atoms with Crippen LogP contribution in [0.3, 0.4) is 0 Å². The lowest BCUT2D eigenvalue weighted by molar-refractivity contribution is 0.577. The molecule has 1 N–H and O–H groups in total. The molecule has 1 atom stereocenters. The topological polar surface area (TPSA) is 41.6 Å². The van der Waals surface area contributed by atoms with Crippen LogP contribution in [0.25, 0.3) is 0 Å². The highest BCUT2D eigenvalue weighted by molar-refractivity contribution is 5.18. The Labute approximate surface area is 111 Å². The van der Waals surface area contributed by atoms with Gasteiger partial charge in [-0.3, -0.25) is 0 Å². The number of rotatable bonds is 10. The second kappa shape index (κ2) is 8.90. The highest BCUT2D eigenvalue weighted by atomic mass is 15.3. The highest BCUT2D eigenvalue weighted by Gasteiger charge is 2.17. The van der Waals surface area contributed by atoms with Crippen LogP contribution < -0.4 is 0 Å². The van der Waals surface area contributed by atoms with Crippen molar-refractivity contribution in [3.8, 4) is 0 Å². The molecule has 0 amide bonds. The fourth-order valence-corrected chi connectivity index (χ4v) is 2.31. The summed E-state index contributed by atoms with van der Waals surface area (Å²) in [5.41, 5.74) is 2.39. The number of unbranched alkanes of at least 4 members (excludes halogenated alkanes) is 4. The number of H-pyrrole nitrogens is 1. The molecule has 1 rings (SSSR count). The molecule has 1 aromatic heterocycles. The van der Waals surface area contributed by atoms with Crippen LogP contribution in [-0.4, -0.2) is 15.4 Å². The average Bonchev–Trinajstić information content (AvgIpc) is 2.88. The Bertz CT molecular complexity index is 316. The largest absolute Gasteiger partial charge is 0.198 e. The fourth-order valence-electron chi connectivity index (χ4n) is 2.31. The van der Waals surface area contributed by atoms with Gasteiger partial charge in [-0.15, -0.1) is 0 Å². The smallest absolute Gasteiger partial charge is 0.0895 e. The van der Waals surface area contributed by atoms with E-state index in [9.17, 15) is 0 Å². The highest BCUT2D eigenvalue weighted by Crippen LogP contribution is 2.30. The maximum absolute atomic E-state index is 4.28. The third-order valence-corrected chi connectivity index (χ3v) is 3.48. The quantitative estimate of drug-likeness (QED) is 0.486. The Morgan fingerprint density at radius 1 is 1.22 bits per heavy atom. The zero-order valence-electron chi connectivity index (χ0n) is 11.9. The third kappa shape index (κ3) is 5.03. The molecule has 0 aliphatic carbocycles. The molecular weight excluding hydrogens is 222 g/mol. The molecule has 18 heavy (non-hydrogen) atoms. The summed E-state index contributed by atoms with van der Waals surface area (Å²) in [5.74, 6) is 0.396. The van der Waals surface area contributed by atoms with Crippen molar-refractivity contribution in [2.75, 3.05) is 0 Å². The molecule has 0 radical (unpaired) electrons. The van der Waals surface area contributed by atoms with Crippen LogP contribution >= 0.6 is 0 Å². The lowest BCUT2D eigenvalue weighted by Crippen LogP contribution is -2.03. The Hall–Kier alpha value is -1.12. The van der Waals surface area contributed by atoms with Gasteiger partial charge in [0, 0.05) is 5.92 Å². The number of hydrogen-bond donors (Lipinski definition) is 1. The summed E-state index contributed by atoms with van der Waals surface area (Å²) < 4.78 is 0. The Balaban J connectivity index is 2.51. The molecule has 3 heteroatoms. The summed E-state index contributed by atoms with van der Waals surface area (Å²) in [5, 5.41) is 10.9. The average molecular weight is 249 g/mol. The van der Waals surface area contributed by atoms with Gasteiger partial charge in [0.15, 0.2) is 0 Å². The molecule has 0 aromatic carbocycles. The van der Waals surface area contributed by atoms with E-state index in [-0.39, 0.29) is 0 Å². The Morgan fingerprint density at radius 2 is 1.94 bits per heavy atom. The SMILES string of the molecule is C=C(CCCCC)C(CCCCC)c1cn[nH]n1. The van der Waals surface area contributed by atoms with Gasteiger partial charge in [-0.05, 0) is 19.3 Å². The summed E-state index contributed by atoms with van der Waals surface area (Å²) in [4.78, 5) is 0. The van der Waals surface area contributed by atoms with Crippen molar-refractivity contribution in [3.63, 3.8) is 0 Å². The van der Waals surface area contributed by atoms with Crippen LogP contribution in [0.1, 0.15) is 76.8 Å². The van der Waals surface area contributed by atoms with Gasteiger partial charge in [0.1, 0.15) is 0 Å². The lowest BCUT2D eigenvalue weighted by Gasteiger charge is -2.17. The molecule has 3 nitrogen and oxygen atoms in total. The van der Waals surface area contributed by atoms with Gasteiger partial charge in [-0.1, -0.05) is 58.1 Å². The molecule has 0 aliphatic heterocycles. The number of aromatic nitrogens is 3. The van der Waals surface area contributed by atoms with Crippen molar-refractivity contribution in [2.24, 2.45) is 0 Å². The van der Waals surface area contributed by atoms with Crippen LogP contribution in [-0.2, 0) is 0 Å². The first kappa shape index (κ1) is 14.9. The zero-order chi connectivity index (χ0) is 13.2. The Kier molecular flexibility index (Phi) is 7.38. The molecule has 0 bridgehead atoms. The lowest BCUT2D eigenvalue weighted by atomic mass is 9.88. The van der Waals surface area contributed by atoms with Gasteiger partial charge in [0.2, 0.25) is 0 Å². The van der Waals surface area contributed by atoms with Crippen LogP contribution in [0, 0.1) is 0 Å². The van der Waals surface area contributed by atoms with Gasteiger partial charge in [0.25, 0.3) is 0 Å². The minimum atomic E-state index is 0.396. The molecule has 0 saturated carbocycles. The van der Waals surface area contributed by atoms with E-state index in [1.807, 2.05) is 6.20 Å². The van der Waals surface area contributed by atoms with E-state index in [4.69, 9.17) is 0 Å². The van der Waals surface area contributed by atoms with Crippen LogP contribution in [0.5, 0.6) is 0 Å². The van der Waals surface area contributed by atoms with Crippen LogP contribution in [0.15, 0.2) is 18.3 Å². The molecule has 102 valence electrons. The molecule has 0 spiro atoms. The molecular formula is C15H27N3. The number of allylic oxidation sites excluding steroid dienone is 1. The summed E-state index contributed by atoms with van der Waals surface area (Å²) in [6, 6.07) is 0. The Morgan fingerprint density at radius 3 is 2.56 bits per heavy atom. The number of hydrogen-bond acceptors (Lipinski definition) is 2. The van der Waals surface area contributed by atoms with Crippen molar-refractivity contribution < 1.29 is 0 Å². The predicted molar refractivity (Wildman–Crippen MR) is 76.5 cm³/mol. The molecule has 1 unspecified atom stereocenters. The van der Waals surface area contributed by atoms with Gasteiger partial charge in [-0.25, -0.2) is 0 Å². The number of nitrogens with one attached hydrogen (secondary N) is 1. The molecule has 1 aromatic rings. The van der Waals surface area contributed by atoms with Gasteiger partial charge in [0.05, 0.1) is 11.9 Å². The summed E-state index contributed by atoms with van der Waals surface area (Å²) in [6.45, 7) is 8.75. The maximum Gasteiger partial charge on any atom is 0.0895 e. The van der Waals surface area contributed by atoms with E-state index >= 15 is 0 Å². The third-order valence-electron chi connectivity index (χ3n) is 3.48. The maximum atomic E-state index is 4.28. The molecule has 0 fully saturated rings. The van der Waals surface area contributed by atoms with Crippen molar-refractivity contribution in [3.05, 3.63) is 24.0 Å². The molecule has 0 aliphatic rings. The van der Waals surface area contributed by atoms with Crippen molar-refractivity contribution >= 4 is 0 Å². The van der Waals surface area contributed by atoms with Gasteiger partial charge >= 0.3 is 0 Å². The first-order chi connectivity index (χ1) is 8.79. The van der Waals surface area contributed by atoms with E-state index in [0.717, 1.165) is 18.5 Å². The summed E-state index contributed by atoms with van der Waals surface area (Å²) >= 11 is 0. The summed E-state index contributed by atoms with van der Waals surface area (Å²) in [7, 11) is 0. The summed E-state index contributed by atoms with van der Waals surface area (Å²) in [6.07, 6.45) is 11.7. The number of nitrogens with zero attached hydrogens (tertiary/aromatic N) is 2.